The highest BCUT2D eigenvalue weighted by Gasteiger charge is 2.26. The van der Waals surface area contributed by atoms with Gasteiger partial charge in [-0.15, -0.1) is 0 Å². The molecule has 6 nitrogen and oxygen atoms in total. The Morgan fingerprint density at radius 2 is 2.06 bits per heavy atom. The van der Waals surface area contributed by atoms with Crippen molar-refractivity contribution < 1.29 is 17.7 Å². The highest BCUT2D eigenvalue weighted by Crippen LogP contribution is 2.18. The molecule has 0 spiro atoms. The summed E-state index contributed by atoms with van der Waals surface area (Å²) in [5.41, 5.74) is 0.581. The minimum absolute atomic E-state index is 0.0832. The van der Waals surface area contributed by atoms with Crippen LogP contribution in [0.1, 0.15) is 31.7 Å². The zero-order chi connectivity index (χ0) is 13.9. The minimum Gasteiger partial charge on any atom is -0.360 e. The molecule has 1 N–H and O–H groups in total. The Labute approximate surface area is 106 Å². The van der Waals surface area contributed by atoms with Crippen LogP contribution < -0.4 is 4.72 Å². The highest BCUT2D eigenvalue weighted by atomic mass is 32.2. The van der Waals surface area contributed by atoms with Crippen LogP contribution in [0.25, 0.3) is 0 Å². The molecule has 1 amide bonds. The smallest absolute Gasteiger partial charge is 0.269 e. The number of sulfonamides is 1. The van der Waals surface area contributed by atoms with Gasteiger partial charge in [-0.1, -0.05) is 18.2 Å². The van der Waals surface area contributed by atoms with Crippen molar-refractivity contribution in [3.8, 4) is 0 Å². The summed E-state index contributed by atoms with van der Waals surface area (Å²) in [7, 11) is -3.94. The standard InChI is InChI=1S/C11H16N2O4S/c1-5-6-7(2)11(14)13-18(15,16)10-8(3)12-17-9(10)4/h6H,5H2,1-4H3,(H,13,14). The predicted molar refractivity (Wildman–Crippen MR) is 65.4 cm³/mol. The Bertz CT molecular complexity index is 565. The molecule has 0 aliphatic rings. The summed E-state index contributed by atoms with van der Waals surface area (Å²) in [5.74, 6) is -0.484. The van der Waals surface area contributed by atoms with E-state index in [0.717, 1.165) is 0 Å². The van der Waals surface area contributed by atoms with Crippen molar-refractivity contribution in [3.05, 3.63) is 23.1 Å². The average Bonchev–Trinajstić information content (AvgIpc) is 2.58. The van der Waals surface area contributed by atoms with E-state index < -0.39 is 15.9 Å². The molecule has 0 aromatic carbocycles. The molecule has 1 rings (SSSR count). The number of hydrogen-bond donors (Lipinski definition) is 1. The summed E-state index contributed by atoms with van der Waals surface area (Å²) in [6, 6.07) is 0. The van der Waals surface area contributed by atoms with E-state index >= 15 is 0 Å². The van der Waals surface area contributed by atoms with Crippen LogP contribution in [0.2, 0.25) is 0 Å². The summed E-state index contributed by atoms with van der Waals surface area (Å²) >= 11 is 0. The second-order valence-electron chi connectivity index (χ2n) is 3.88. The molecule has 7 heteroatoms. The molecule has 0 aliphatic carbocycles. The Balaban J connectivity index is 3.04. The van der Waals surface area contributed by atoms with Gasteiger partial charge in [0.2, 0.25) is 0 Å². The van der Waals surface area contributed by atoms with E-state index in [4.69, 9.17) is 4.52 Å². The molecule has 0 unspecified atom stereocenters. The maximum atomic E-state index is 12.0. The van der Waals surface area contributed by atoms with E-state index in [-0.39, 0.29) is 16.3 Å². The number of allylic oxidation sites excluding steroid dienone is 1. The van der Waals surface area contributed by atoms with Crippen molar-refractivity contribution in [2.75, 3.05) is 0 Å². The monoisotopic (exact) mass is 272 g/mol. The topological polar surface area (TPSA) is 89.3 Å². The maximum Gasteiger partial charge on any atom is 0.269 e. The lowest BCUT2D eigenvalue weighted by Gasteiger charge is -2.06. The van der Waals surface area contributed by atoms with Crippen LogP contribution in [0.5, 0.6) is 0 Å². The van der Waals surface area contributed by atoms with E-state index in [1.165, 1.54) is 13.8 Å². The van der Waals surface area contributed by atoms with Gasteiger partial charge in [-0.2, -0.15) is 0 Å². The van der Waals surface area contributed by atoms with Crippen LogP contribution in [0.3, 0.4) is 0 Å². The van der Waals surface area contributed by atoms with Crippen molar-refractivity contribution in [2.24, 2.45) is 0 Å². The lowest BCUT2D eigenvalue weighted by atomic mass is 10.2. The largest absolute Gasteiger partial charge is 0.360 e. The van der Waals surface area contributed by atoms with E-state index in [2.05, 4.69) is 5.16 Å². The third-order valence-electron chi connectivity index (χ3n) is 2.33. The first-order valence-electron chi connectivity index (χ1n) is 5.46. The van der Waals surface area contributed by atoms with Gasteiger partial charge in [0.05, 0.1) is 0 Å². The van der Waals surface area contributed by atoms with Gasteiger partial charge in [0.15, 0.2) is 10.7 Å². The van der Waals surface area contributed by atoms with E-state index in [1.807, 2.05) is 11.6 Å². The van der Waals surface area contributed by atoms with Gasteiger partial charge in [-0.3, -0.25) is 4.79 Å². The number of aryl methyl sites for hydroxylation is 2. The summed E-state index contributed by atoms with van der Waals surface area (Å²) in [6.45, 7) is 6.40. The number of carbonyl (C=O) groups is 1. The van der Waals surface area contributed by atoms with Gasteiger partial charge in [0, 0.05) is 5.57 Å². The van der Waals surface area contributed by atoms with Crippen molar-refractivity contribution >= 4 is 15.9 Å². The lowest BCUT2D eigenvalue weighted by molar-refractivity contribution is -0.115. The third-order valence-corrected chi connectivity index (χ3v) is 3.91. The molecule has 100 valence electrons. The summed E-state index contributed by atoms with van der Waals surface area (Å²) < 4.78 is 30.8. The van der Waals surface area contributed by atoms with E-state index in [0.29, 0.717) is 12.0 Å². The summed E-state index contributed by atoms with van der Waals surface area (Å²) in [6.07, 6.45) is 2.31. The van der Waals surface area contributed by atoms with Crippen LogP contribution in [0.15, 0.2) is 21.1 Å². The molecular formula is C11H16N2O4S. The minimum atomic E-state index is -3.94. The van der Waals surface area contributed by atoms with Gasteiger partial charge in [-0.05, 0) is 27.2 Å². The highest BCUT2D eigenvalue weighted by molar-refractivity contribution is 7.90. The number of rotatable bonds is 4. The fourth-order valence-electron chi connectivity index (χ4n) is 1.51. The maximum absolute atomic E-state index is 12.0. The van der Waals surface area contributed by atoms with E-state index in [9.17, 15) is 13.2 Å². The number of hydrogen-bond acceptors (Lipinski definition) is 5. The van der Waals surface area contributed by atoms with Gasteiger partial charge in [0.25, 0.3) is 15.9 Å². The Morgan fingerprint density at radius 1 is 1.44 bits per heavy atom. The summed E-state index contributed by atoms with van der Waals surface area (Å²) in [4.78, 5) is 11.6. The molecule has 0 radical (unpaired) electrons. The molecule has 0 saturated carbocycles. The van der Waals surface area contributed by atoms with Crippen molar-refractivity contribution in [3.63, 3.8) is 0 Å². The van der Waals surface area contributed by atoms with Gasteiger partial charge in [-0.25, -0.2) is 13.1 Å². The first kappa shape index (κ1) is 14.4. The number of nitrogens with one attached hydrogen (secondary N) is 1. The normalized spacial score (nSPS) is 12.6. The Kier molecular flexibility index (Phi) is 4.28. The second kappa shape index (κ2) is 5.34. The van der Waals surface area contributed by atoms with Crippen LogP contribution in [0.4, 0.5) is 0 Å². The molecule has 1 aromatic heterocycles. The Hall–Kier alpha value is -1.63. The fraction of sp³-hybridized carbons (Fsp3) is 0.455. The lowest BCUT2D eigenvalue weighted by Crippen LogP contribution is -2.31. The quantitative estimate of drug-likeness (QED) is 0.838. The van der Waals surface area contributed by atoms with Crippen molar-refractivity contribution in [1.29, 1.82) is 0 Å². The van der Waals surface area contributed by atoms with E-state index in [1.54, 1.807) is 13.0 Å². The molecule has 0 fully saturated rings. The van der Waals surface area contributed by atoms with Gasteiger partial charge >= 0.3 is 0 Å². The SMILES string of the molecule is CCC=C(C)C(=O)NS(=O)(=O)c1c(C)noc1C. The molecule has 0 atom stereocenters. The fourth-order valence-corrected chi connectivity index (χ4v) is 2.86. The second-order valence-corrected chi connectivity index (χ2v) is 5.50. The summed E-state index contributed by atoms with van der Waals surface area (Å²) in [5, 5.41) is 3.55. The van der Waals surface area contributed by atoms with Crippen LogP contribution in [-0.2, 0) is 14.8 Å². The molecule has 0 saturated heterocycles. The predicted octanol–water partition coefficient (Wildman–Crippen LogP) is 1.45. The number of amides is 1. The number of aromatic nitrogens is 1. The molecule has 0 aliphatic heterocycles. The zero-order valence-corrected chi connectivity index (χ0v) is 11.6. The Morgan fingerprint density at radius 3 is 2.50 bits per heavy atom. The van der Waals surface area contributed by atoms with Gasteiger partial charge in [0.1, 0.15) is 5.69 Å². The average molecular weight is 272 g/mol. The number of nitrogens with zero attached hydrogens (tertiary/aromatic N) is 1. The number of carbonyl (C=O) groups excluding carboxylic acids is 1. The molecule has 18 heavy (non-hydrogen) atoms. The van der Waals surface area contributed by atoms with Crippen LogP contribution in [-0.4, -0.2) is 19.5 Å². The molecule has 1 heterocycles. The first-order chi connectivity index (χ1) is 8.29. The van der Waals surface area contributed by atoms with Crippen LogP contribution in [0, 0.1) is 13.8 Å². The third kappa shape index (κ3) is 2.98. The first-order valence-corrected chi connectivity index (χ1v) is 6.94. The molecule has 0 bridgehead atoms. The molecular weight excluding hydrogens is 256 g/mol. The zero-order valence-electron chi connectivity index (χ0n) is 10.8. The van der Waals surface area contributed by atoms with Crippen molar-refractivity contribution in [1.82, 2.24) is 9.88 Å². The van der Waals surface area contributed by atoms with Crippen LogP contribution >= 0.6 is 0 Å². The van der Waals surface area contributed by atoms with Crippen molar-refractivity contribution in [2.45, 2.75) is 39.0 Å². The molecule has 1 aromatic rings. The van der Waals surface area contributed by atoms with Gasteiger partial charge < -0.3 is 4.52 Å².